The number of carbonyl (C=O) groups is 4. The lowest BCUT2D eigenvalue weighted by Crippen LogP contribution is -2.31. The van der Waals surface area contributed by atoms with E-state index in [0.29, 0.717) is 28.3 Å². The molecule has 0 saturated carbocycles. The van der Waals surface area contributed by atoms with Gasteiger partial charge in [0.1, 0.15) is 11.1 Å². The van der Waals surface area contributed by atoms with Crippen LogP contribution in [0.5, 0.6) is 11.5 Å². The van der Waals surface area contributed by atoms with Crippen molar-refractivity contribution in [2.75, 3.05) is 25.7 Å². The van der Waals surface area contributed by atoms with Gasteiger partial charge in [0, 0.05) is 28.7 Å². The highest BCUT2D eigenvalue weighted by molar-refractivity contribution is 8.00. The summed E-state index contributed by atoms with van der Waals surface area (Å²) in [5, 5.41) is 10.1. The van der Waals surface area contributed by atoms with Crippen molar-refractivity contribution in [3.63, 3.8) is 0 Å². The summed E-state index contributed by atoms with van der Waals surface area (Å²) in [6, 6.07) is 31.0. The van der Waals surface area contributed by atoms with Crippen LogP contribution in [0.3, 0.4) is 0 Å². The molecule has 1 aromatic heterocycles. The number of benzene rings is 4. The Balaban J connectivity index is 1.25. The van der Waals surface area contributed by atoms with Crippen molar-refractivity contribution in [2.24, 2.45) is 0 Å². The van der Waals surface area contributed by atoms with Crippen LogP contribution in [-0.2, 0) is 14.3 Å². The molecule has 10 nitrogen and oxygen atoms in total. The summed E-state index contributed by atoms with van der Waals surface area (Å²) in [7, 11) is 3.04. The Morgan fingerprint density at radius 3 is 2.33 bits per heavy atom. The minimum atomic E-state index is -0.886. The lowest BCUT2D eigenvalue weighted by Gasteiger charge is -2.18. The van der Waals surface area contributed by atoms with Crippen LogP contribution in [0.1, 0.15) is 32.7 Å². The molecule has 12 heteroatoms. The summed E-state index contributed by atoms with van der Waals surface area (Å²) in [6.45, 7) is -0.511. The number of halogens is 1. The lowest BCUT2D eigenvalue weighted by molar-refractivity contribution is -0.121. The van der Waals surface area contributed by atoms with E-state index in [1.54, 1.807) is 36.4 Å². The number of ether oxygens (including phenoxy) is 3. The molecule has 0 radical (unpaired) electrons. The first kappa shape index (κ1) is 34.9. The van der Waals surface area contributed by atoms with E-state index in [1.165, 1.54) is 44.6 Å². The van der Waals surface area contributed by atoms with E-state index in [4.69, 9.17) is 30.8 Å². The number of aromatic nitrogens is 1. The molecule has 1 aliphatic rings. The Hall–Kier alpha value is -5.96. The number of Topliss-reactive ketones (excluding diaryl/α,β-unsaturated/α-hetero) is 1. The SMILES string of the molecule is COc1cccc(-c2cc(-c3ccccc3)nc(SC3CC(=O)N(c4ccc(C(=O)OCC(=O)c5ccccc5Cl)cc4)C3=O)c2C#N)c1OC. The Morgan fingerprint density at radius 2 is 1.65 bits per heavy atom. The van der Waals surface area contributed by atoms with Crippen LogP contribution in [-0.4, -0.2) is 54.6 Å². The van der Waals surface area contributed by atoms with Gasteiger partial charge in [-0.3, -0.25) is 14.4 Å². The fourth-order valence-corrected chi connectivity index (χ4v) is 6.98. The summed E-state index contributed by atoms with van der Waals surface area (Å²) in [5.41, 5.74) is 3.28. The number of methoxy groups -OCH3 is 2. The molecule has 1 unspecified atom stereocenters. The second kappa shape index (κ2) is 15.3. The van der Waals surface area contributed by atoms with E-state index < -0.39 is 35.4 Å². The third-order valence-corrected chi connectivity index (χ3v) is 9.59. The number of carbonyl (C=O) groups excluding carboxylic acids is 4. The smallest absolute Gasteiger partial charge is 0.338 e. The van der Waals surface area contributed by atoms with Crippen molar-refractivity contribution in [1.82, 2.24) is 4.98 Å². The number of esters is 1. The zero-order chi connectivity index (χ0) is 36.1. The molecular formula is C39H28ClN3O7S. The van der Waals surface area contributed by atoms with Crippen LogP contribution in [0.25, 0.3) is 22.4 Å². The number of thioether (sulfide) groups is 1. The summed E-state index contributed by atoms with van der Waals surface area (Å²) >= 11 is 7.10. The number of amides is 2. The zero-order valence-electron chi connectivity index (χ0n) is 27.3. The predicted molar refractivity (Wildman–Crippen MR) is 192 cm³/mol. The molecule has 0 spiro atoms. The van der Waals surface area contributed by atoms with Gasteiger partial charge in [-0.05, 0) is 48.5 Å². The number of hydrogen-bond donors (Lipinski definition) is 0. The molecule has 5 aromatic rings. The van der Waals surface area contributed by atoms with Gasteiger partial charge in [0.2, 0.25) is 17.6 Å². The van der Waals surface area contributed by atoms with E-state index >= 15 is 0 Å². The van der Waals surface area contributed by atoms with Crippen molar-refractivity contribution in [3.05, 3.63) is 125 Å². The highest BCUT2D eigenvalue weighted by atomic mass is 35.5. The van der Waals surface area contributed by atoms with Gasteiger partial charge in [0.25, 0.3) is 0 Å². The van der Waals surface area contributed by atoms with Crippen LogP contribution in [0.15, 0.2) is 108 Å². The second-order valence-corrected chi connectivity index (χ2v) is 12.8. The largest absolute Gasteiger partial charge is 0.493 e. The Bertz CT molecular complexity index is 2200. The molecule has 0 bridgehead atoms. The highest BCUT2D eigenvalue weighted by Crippen LogP contribution is 2.44. The van der Waals surface area contributed by atoms with Gasteiger partial charge in [-0.25, -0.2) is 14.7 Å². The van der Waals surface area contributed by atoms with Crippen molar-refractivity contribution in [1.29, 1.82) is 5.26 Å². The van der Waals surface area contributed by atoms with Gasteiger partial charge in [-0.2, -0.15) is 5.26 Å². The summed E-state index contributed by atoms with van der Waals surface area (Å²) in [5.74, 6) is -1.27. The van der Waals surface area contributed by atoms with Crippen LogP contribution >= 0.6 is 23.4 Å². The molecule has 1 fully saturated rings. The molecule has 51 heavy (non-hydrogen) atoms. The van der Waals surface area contributed by atoms with Gasteiger partial charge < -0.3 is 14.2 Å². The fourth-order valence-electron chi connectivity index (χ4n) is 5.61. The van der Waals surface area contributed by atoms with E-state index in [0.717, 1.165) is 22.2 Å². The third-order valence-electron chi connectivity index (χ3n) is 8.09. The molecule has 1 aliphatic heterocycles. The molecule has 2 amide bonds. The maximum atomic E-state index is 13.8. The van der Waals surface area contributed by atoms with E-state index in [-0.39, 0.29) is 38.8 Å². The van der Waals surface area contributed by atoms with Crippen LogP contribution < -0.4 is 14.4 Å². The number of anilines is 1. The predicted octanol–water partition coefficient (Wildman–Crippen LogP) is 7.42. The van der Waals surface area contributed by atoms with Gasteiger partial charge in [0.05, 0.1) is 47.0 Å². The normalized spacial score (nSPS) is 13.8. The number of nitrogens with zero attached hydrogens (tertiary/aromatic N) is 3. The monoisotopic (exact) mass is 717 g/mol. The Labute approximate surface area is 302 Å². The number of pyridine rings is 1. The van der Waals surface area contributed by atoms with Crippen LogP contribution in [0, 0.1) is 11.3 Å². The molecule has 0 N–H and O–H groups in total. The van der Waals surface area contributed by atoms with Crippen molar-refractivity contribution in [3.8, 4) is 40.0 Å². The molecule has 254 valence electrons. The van der Waals surface area contributed by atoms with Crippen LogP contribution in [0.4, 0.5) is 5.69 Å². The molecule has 1 atom stereocenters. The third kappa shape index (κ3) is 7.19. The van der Waals surface area contributed by atoms with Gasteiger partial charge >= 0.3 is 5.97 Å². The maximum absolute atomic E-state index is 13.8. The fraction of sp³-hybridized carbons (Fsp3) is 0.128. The maximum Gasteiger partial charge on any atom is 0.338 e. The van der Waals surface area contributed by atoms with Crippen molar-refractivity contribution < 1.29 is 33.4 Å². The number of ketones is 1. The summed E-state index contributed by atoms with van der Waals surface area (Å²) in [6.07, 6.45) is -0.141. The number of rotatable bonds is 11. The number of hydrogen-bond acceptors (Lipinski definition) is 10. The molecule has 1 saturated heterocycles. The standard InChI is InChI=1S/C39H28ClN3O7S/c1-48-33-14-8-12-26(36(33)49-2)28-19-31(23-9-4-3-5-10-23)42-37(29(28)21-41)51-34-20-35(45)43(38(34)46)25-17-15-24(16-18-25)39(47)50-22-32(44)27-11-6-7-13-30(27)40/h3-19,34H,20,22H2,1-2H3. The first-order valence-corrected chi connectivity index (χ1v) is 16.8. The first-order valence-electron chi connectivity index (χ1n) is 15.5. The average Bonchev–Trinajstić information content (AvgIpc) is 3.44. The average molecular weight is 718 g/mol. The highest BCUT2D eigenvalue weighted by Gasteiger charge is 2.41. The van der Waals surface area contributed by atoms with Crippen molar-refractivity contribution in [2.45, 2.75) is 16.7 Å². The number of para-hydroxylation sites is 1. The molecule has 2 heterocycles. The zero-order valence-corrected chi connectivity index (χ0v) is 28.9. The molecule has 4 aromatic carbocycles. The molecule has 0 aliphatic carbocycles. The number of imide groups is 1. The Morgan fingerprint density at radius 1 is 0.922 bits per heavy atom. The topological polar surface area (TPSA) is 136 Å². The van der Waals surface area contributed by atoms with Gasteiger partial charge in [-0.15, -0.1) is 0 Å². The lowest BCUT2D eigenvalue weighted by atomic mass is 9.98. The minimum absolute atomic E-state index is 0.122. The summed E-state index contributed by atoms with van der Waals surface area (Å²) in [4.78, 5) is 58.0. The number of nitriles is 1. The second-order valence-electron chi connectivity index (χ2n) is 11.2. The van der Waals surface area contributed by atoms with Crippen LogP contribution in [0.2, 0.25) is 5.02 Å². The first-order chi connectivity index (χ1) is 24.7. The van der Waals surface area contributed by atoms with E-state index in [1.807, 2.05) is 36.4 Å². The van der Waals surface area contributed by atoms with E-state index in [2.05, 4.69) is 6.07 Å². The Kier molecular flexibility index (Phi) is 10.5. The van der Waals surface area contributed by atoms with Gasteiger partial charge in [-0.1, -0.05) is 78.0 Å². The van der Waals surface area contributed by atoms with E-state index in [9.17, 15) is 24.4 Å². The minimum Gasteiger partial charge on any atom is -0.493 e. The molecule has 6 rings (SSSR count). The summed E-state index contributed by atoms with van der Waals surface area (Å²) < 4.78 is 16.4. The quantitative estimate of drug-likeness (QED) is 0.0771. The van der Waals surface area contributed by atoms with Crippen molar-refractivity contribution >= 4 is 52.6 Å². The molecular weight excluding hydrogens is 690 g/mol. The van der Waals surface area contributed by atoms with Gasteiger partial charge in [0.15, 0.2) is 18.1 Å².